The fourth-order valence-electron chi connectivity index (χ4n) is 2.74. The van der Waals surface area contributed by atoms with E-state index >= 15 is 0 Å². The lowest BCUT2D eigenvalue weighted by Gasteiger charge is -2.28. The van der Waals surface area contributed by atoms with Gasteiger partial charge in [0.15, 0.2) is 6.10 Å². The third-order valence-electron chi connectivity index (χ3n) is 4.85. The molecule has 0 aliphatic heterocycles. The lowest BCUT2D eigenvalue weighted by molar-refractivity contribution is -0.164. The van der Waals surface area contributed by atoms with Crippen molar-refractivity contribution in [3.05, 3.63) is 29.8 Å². The van der Waals surface area contributed by atoms with E-state index in [1.165, 1.54) is 39.8 Å². The summed E-state index contributed by atoms with van der Waals surface area (Å²) in [5.74, 6) is -2.50. The fourth-order valence-corrected chi connectivity index (χ4v) is 3.83. The van der Waals surface area contributed by atoms with Gasteiger partial charge in [-0.05, 0) is 32.4 Å². The smallest absolute Gasteiger partial charge is 0.462 e. The Morgan fingerprint density at radius 1 is 1.11 bits per heavy atom. The van der Waals surface area contributed by atoms with Gasteiger partial charge in [-0.15, -0.1) is 0 Å². The average molecular weight is 562 g/mol. The van der Waals surface area contributed by atoms with E-state index in [0.717, 1.165) is 0 Å². The SMILES string of the molecule is CCOC(=O)c1ccccc1OC(=O)O[C@H](C)COC(=O)C(O)C(C)(C)COS(=O)(=O)CCCNC(C)=O. The Bertz CT molecular complexity index is 1070. The molecule has 1 unspecified atom stereocenters. The van der Waals surface area contributed by atoms with Gasteiger partial charge in [0, 0.05) is 18.9 Å². The Labute approximate surface area is 221 Å². The number of amides is 1. The molecule has 0 aliphatic carbocycles. The van der Waals surface area contributed by atoms with E-state index in [0.29, 0.717) is 0 Å². The van der Waals surface area contributed by atoms with Gasteiger partial charge in [0.2, 0.25) is 5.91 Å². The van der Waals surface area contributed by atoms with Crippen LogP contribution in [0.4, 0.5) is 4.79 Å². The molecule has 13 nitrogen and oxygen atoms in total. The molecule has 1 aromatic rings. The van der Waals surface area contributed by atoms with Crippen LogP contribution in [0.25, 0.3) is 0 Å². The molecule has 214 valence electrons. The lowest BCUT2D eigenvalue weighted by atomic mass is 9.88. The van der Waals surface area contributed by atoms with Gasteiger partial charge in [-0.1, -0.05) is 26.0 Å². The standard InChI is InChI=1S/C24H35NO12S/c1-6-33-21(28)18-10-7-8-11-19(18)37-23(30)36-16(2)14-34-22(29)20(27)24(4,5)15-35-38(31,32)13-9-12-25-17(3)26/h7-8,10-11,16,20,27H,6,9,12-15H2,1-5H3,(H,25,26)/t16-,20?/m1/s1. The second-order valence-corrected chi connectivity index (χ2v) is 10.6. The van der Waals surface area contributed by atoms with Crippen molar-refractivity contribution >= 4 is 34.1 Å². The second kappa shape index (κ2) is 15.2. The first-order valence-electron chi connectivity index (χ1n) is 11.8. The van der Waals surface area contributed by atoms with Crippen LogP contribution < -0.4 is 10.1 Å². The highest BCUT2D eigenvalue weighted by atomic mass is 32.2. The summed E-state index contributed by atoms with van der Waals surface area (Å²) in [6, 6.07) is 5.90. The molecule has 0 saturated carbocycles. The summed E-state index contributed by atoms with van der Waals surface area (Å²) >= 11 is 0. The second-order valence-electron chi connectivity index (χ2n) is 8.88. The van der Waals surface area contributed by atoms with Crippen LogP contribution in [0.3, 0.4) is 0 Å². The van der Waals surface area contributed by atoms with E-state index in [4.69, 9.17) is 23.1 Å². The largest absolute Gasteiger partial charge is 0.514 e. The number of hydrogen-bond acceptors (Lipinski definition) is 12. The molecular formula is C24H35NO12S. The van der Waals surface area contributed by atoms with Crippen molar-refractivity contribution in [1.29, 1.82) is 0 Å². The van der Waals surface area contributed by atoms with Crippen LogP contribution in [0.15, 0.2) is 24.3 Å². The first-order valence-corrected chi connectivity index (χ1v) is 13.4. The number of benzene rings is 1. The van der Waals surface area contributed by atoms with Crippen molar-refractivity contribution in [2.24, 2.45) is 5.41 Å². The van der Waals surface area contributed by atoms with E-state index in [1.807, 2.05) is 0 Å². The van der Waals surface area contributed by atoms with Crippen LogP contribution >= 0.6 is 0 Å². The maximum atomic E-state index is 12.3. The topological polar surface area (TPSA) is 181 Å². The summed E-state index contributed by atoms with van der Waals surface area (Å²) in [5, 5.41) is 12.8. The Hall–Kier alpha value is -3.23. The molecule has 1 amide bonds. The monoisotopic (exact) mass is 561 g/mol. The molecule has 0 aromatic heterocycles. The van der Waals surface area contributed by atoms with E-state index < -0.39 is 59.0 Å². The number of aliphatic hydroxyl groups excluding tert-OH is 1. The van der Waals surface area contributed by atoms with E-state index in [-0.39, 0.29) is 42.5 Å². The van der Waals surface area contributed by atoms with Gasteiger partial charge in [-0.2, -0.15) is 8.42 Å². The van der Waals surface area contributed by atoms with Crippen LogP contribution in [0.1, 0.15) is 51.4 Å². The highest BCUT2D eigenvalue weighted by molar-refractivity contribution is 7.86. The van der Waals surface area contributed by atoms with Crippen molar-refractivity contribution in [2.45, 2.75) is 53.2 Å². The molecule has 0 heterocycles. The molecule has 2 N–H and O–H groups in total. The van der Waals surface area contributed by atoms with Crippen LogP contribution in [-0.2, 0) is 38.1 Å². The summed E-state index contributed by atoms with van der Waals surface area (Å²) in [6.07, 6.45) is -3.78. The molecule has 0 radical (unpaired) electrons. The molecule has 2 atom stereocenters. The highest BCUT2D eigenvalue weighted by Gasteiger charge is 2.37. The zero-order valence-electron chi connectivity index (χ0n) is 22.1. The Balaban J connectivity index is 2.54. The van der Waals surface area contributed by atoms with Crippen molar-refractivity contribution in [2.75, 3.05) is 32.1 Å². The number of rotatable bonds is 15. The molecule has 0 bridgehead atoms. The molecule has 0 spiro atoms. The molecule has 0 fully saturated rings. The number of carbonyl (C=O) groups is 4. The Morgan fingerprint density at radius 3 is 2.39 bits per heavy atom. The number of para-hydroxylation sites is 1. The van der Waals surface area contributed by atoms with Gasteiger partial charge in [0.25, 0.3) is 10.1 Å². The molecule has 0 aliphatic rings. The predicted molar refractivity (Wildman–Crippen MR) is 133 cm³/mol. The number of esters is 2. The summed E-state index contributed by atoms with van der Waals surface area (Å²) in [7, 11) is -3.96. The van der Waals surface area contributed by atoms with Gasteiger partial charge >= 0.3 is 18.1 Å². The minimum absolute atomic E-state index is 0.0210. The maximum absolute atomic E-state index is 12.3. The zero-order valence-corrected chi connectivity index (χ0v) is 22.9. The summed E-state index contributed by atoms with van der Waals surface area (Å²) in [4.78, 5) is 47.2. The van der Waals surface area contributed by atoms with Crippen LogP contribution in [0.2, 0.25) is 0 Å². The fraction of sp³-hybridized carbons (Fsp3) is 0.583. The van der Waals surface area contributed by atoms with E-state index in [2.05, 4.69) is 5.32 Å². The van der Waals surface area contributed by atoms with Crippen molar-refractivity contribution in [1.82, 2.24) is 5.32 Å². The van der Waals surface area contributed by atoms with Gasteiger partial charge in [0.1, 0.15) is 24.0 Å². The molecule has 1 aromatic carbocycles. The quantitative estimate of drug-likeness (QED) is 0.104. The minimum atomic E-state index is -3.96. The molecule has 14 heteroatoms. The van der Waals surface area contributed by atoms with E-state index in [1.54, 1.807) is 19.1 Å². The van der Waals surface area contributed by atoms with Crippen LogP contribution in [0.5, 0.6) is 5.75 Å². The van der Waals surface area contributed by atoms with E-state index in [9.17, 15) is 32.7 Å². The highest BCUT2D eigenvalue weighted by Crippen LogP contribution is 2.24. The van der Waals surface area contributed by atoms with Gasteiger partial charge in [0.05, 0.1) is 19.0 Å². The molecule has 0 saturated heterocycles. The number of carbonyl (C=O) groups excluding carboxylic acids is 4. The minimum Gasteiger partial charge on any atom is -0.462 e. The zero-order chi connectivity index (χ0) is 28.9. The molecule has 1 rings (SSSR count). The number of ether oxygens (including phenoxy) is 4. The number of hydrogen-bond donors (Lipinski definition) is 2. The predicted octanol–water partition coefficient (Wildman–Crippen LogP) is 1.57. The summed E-state index contributed by atoms with van der Waals surface area (Å²) < 4.78 is 49.0. The molecular weight excluding hydrogens is 526 g/mol. The molecule has 38 heavy (non-hydrogen) atoms. The van der Waals surface area contributed by atoms with Crippen molar-refractivity contribution in [3.8, 4) is 5.75 Å². The van der Waals surface area contributed by atoms with Crippen LogP contribution in [-0.4, -0.2) is 81.9 Å². The average Bonchev–Trinajstić information content (AvgIpc) is 2.84. The lowest BCUT2D eigenvalue weighted by Crippen LogP contribution is -2.42. The first-order chi connectivity index (χ1) is 17.7. The maximum Gasteiger partial charge on any atom is 0.514 e. The first kappa shape index (κ1) is 32.8. The Kier molecular flexibility index (Phi) is 13.2. The number of nitrogens with one attached hydrogen (secondary N) is 1. The number of aliphatic hydroxyl groups is 1. The van der Waals surface area contributed by atoms with Crippen molar-refractivity contribution < 1.29 is 55.8 Å². The third-order valence-corrected chi connectivity index (χ3v) is 6.12. The summed E-state index contributed by atoms with van der Waals surface area (Å²) in [6.45, 7) is 6.48. The van der Waals surface area contributed by atoms with Crippen molar-refractivity contribution in [3.63, 3.8) is 0 Å². The summed E-state index contributed by atoms with van der Waals surface area (Å²) in [5.41, 5.74) is -1.32. The third kappa shape index (κ3) is 11.9. The van der Waals surface area contributed by atoms with Gasteiger partial charge < -0.3 is 29.4 Å². The van der Waals surface area contributed by atoms with Crippen LogP contribution in [0, 0.1) is 5.41 Å². The Morgan fingerprint density at radius 2 is 1.76 bits per heavy atom. The van der Waals surface area contributed by atoms with Gasteiger partial charge in [-0.25, -0.2) is 14.4 Å². The van der Waals surface area contributed by atoms with Gasteiger partial charge in [-0.3, -0.25) is 8.98 Å². The normalized spacial score (nSPS) is 13.1.